The summed E-state index contributed by atoms with van der Waals surface area (Å²) in [7, 11) is 0. The van der Waals surface area contributed by atoms with Crippen molar-refractivity contribution in [1.82, 2.24) is 10.2 Å². The van der Waals surface area contributed by atoms with Crippen LogP contribution < -0.4 is 5.32 Å². The zero-order chi connectivity index (χ0) is 20.0. The molecular weight excluding hydrogens is 451 g/mol. The maximum atomic E-state index is 13.0. The third kappa shape index (κ3) is 6.23. The first-order chi connectivity index (χ1) is 12.8. The number of hydrogen-bond acceptors (Lipinski definition) is 2. The average Bonchev–Trinajstić information content (AvgIpc) is 2.62. The van der Waals surface area contributed by atoms with Gasteiger partial charge in [0.25, 0.3) is 0 Å². The first-order valence-electron chi connectivity index (χ1n) is 8.57. The smallest absolute Gasteiger partial charge is 0.242 e. The Kier molecular flexibility index (Phi) is 8.14. The zero-order valence-electron chi connectivity index (χ0n) is 15.1. The second-order valence-corrected chi connectivity index (χ2v) is 7.88. The van der Waals surface area contributed by atoms with E-state index in [0.717, 1.165) is 15.6 Å². The van der Waals surface area contributed by atoms with Crippen LogP contribution in [-0.4, -0.2) is 29.3 Å². The first-order valence-corrected chi connectivity index (χ1v) is 10.1. The van der Waals surface area contributed by atoms with Crippen molar-refractivity contribution in [3.63, 3.8) is 0 Å². The van der Waals surface area contributed by atoms with E-state index in [1.54, 1.807) is 30.0 Å². The Hall–Kier alpha value is -1.56. The summed E-state index contributed by atoms with van der Waals surface area (Å²) in [5, 5.41) is 3.62. The molecule has 2 aromatic carbocycles. The van der Waals surface area contributed by atoms with Crippen LogP contribution in [0.1, 0.15) is 25.0 Å². The molecule has 0 spiro atoms. The number of likely N-dealkylation sites (N-methyl/N-ethyl adjacent to an activating group) is 1. The molecule has 0 unspecified atom stereocenters. The molecule has 27 heavy (non-hydrogen) atoms. The summed E-state index contributed by atoms with van der Waals surface area (Å²) >= 11 is 15.4. The molecule has 144 valence electrons. The molecule has 7 heteroatoms. The SMILES string of the molecule is CCNC(=O)[C@@H](C)N(Cc1cccc(Br)c1)C(=O)Cc1ccc(Cl)c(Cl)c1. The van der Waals surface area contributed by atoms with Gasteiger partial charge < -0.3 is 10.2 Å². The lowest BCUT2D eigenvalue weighted by atomic mass is 10.1. The quantitative estimate of drug-likeness (QED) is 0.627. The summed E-state index contributed by atoms with van der Waals surface area (Å²) in [4.78, 5) is 26.9. The summed E-state index contributed by atoms with van der Waals surface area (Å²) in [6, 6.07) is 12.2. The molecule has 1 atom stereocenters. The van der Waals surface area contributed by atoms with Gasteiger partial charge in [-0.1, -0.05) is 57.3 Å². The van der Waals surface area contributed by atoms with Crippen LogP contribution in [0, 0.1) is 0 Å². The van der Waals surface area contributed by atoms with Gasteiger partial charge in [0.1, 0.15) is 6.04 Å². The Bertz CT molecular complexity index is 829. The number of nitrogens with zero attached hydrogens (tertiary/aromatic N) is 1. The molecule has 0 saturated heterocycles. The predicted octanol–water partition coefficient (Wildman–Crippen LogP) is 4.85. The monoisotopic (exact) mass is 470 g/mol. The van der Waals surface area contributed by atoms with Crippen molar-refractivity contribution in [2.24, 2.45) is 0 Å². The standard InChI is InChI=1S/C20H21BrCl2N2O2/c1-3-24-20(27)13(2)25(12-15-5-4-6-16(21)9-15)19(26)11-14-7-8-17(22)18(23)10-14/h4-10,13H,3,11-12H2,1-2H3,(H,24,27)/t13-/m1/s1. The summed E-state index contributed by atoms with van der Waals surface area (Å²) in [5.74, 6) is -0.345. The van der Waals surface area contributed by atoms with Crippen LogP contribution in [0.3, 0.4) is 0 Å². The highest BCUT2D eigenvalue weighted by Gasteiger charge is 2.26. The number of carbonyl (C=O) groups excluding carboxylic acids is 2. The first kappa shape index (κ1) is 21.7. The predicted molar refractivity (Wildman–Crippen MR) is 113 cm³/mol. The largest absolute Gasteiger partial charge is 0.355 e. The lowest BCUT2D eigenvalue weighted by molar-refractivity contribution is -0.140. The fourth-order valence-electron chi connectivity index (χ4n) is 2.66. The number of rotatable bonds is 7. The van der Waals surface area contributed by atoms with Gasteiger partial charge in [-0.15, -0.1) is 0 Å². The Balaban J connectivity index is 2.25. The Morgan fingerprint density at radius 1 is 1.11 bits per heavy atom. The number of halogens is 3. The van der Waals surface area contributed by atoms with Crippen molar-refractivity contribution in [3.8, 4) is 0 Å². The summed E-state index contributed by atoms with van der Waals surface area (Å²) in [5.41, 5.74) is 1.68. The second-order valence-electron chi connectivity index (χ2n) is 6.15. The number of hydrogen-bond donors (Lipinski definition) is 1. The molecular formula is C20H21BrCl2N2O2. The summed E-state index contributed by atoms with van der Waals surface area (Å²) in [6.07, 6.45) is 0.134. The molecule has 2 aromatic rings. The average molecular weight is 472 g/mol. The Morgan fingerprint density at radius 2 is 1.85 bits per heavy atom. The number of amides is 2. The van der Waals surface area contributed by atoms with Crippen LogP contribution in [0.4, 0.5) is 0 Å². The number of benzene rings is 2. The maximum absolute atomic E-state index is 13.0. The fraction of sp³-hybridized carbons (Fsp3) is 0.300. The zero-order valence-corrected chi connectivity index (χ0v) is 18.2. The van der Waals surface area contributed by atoms with Crippen molar-refractivity contribution in [1.29, 1.82) is 0 Å². The molecule has 0 saturated carbocycles. The normalized spacial score (nSPS) is 11.7. The number of carbonyl (C=O) groups is 2. The third-order valence-corrected chi connectivity index (χ3v) is 5.33. The van der Waals surface area contributed by atoms with Crippen molar-refractivity contribution in [2.75, 3.05) is 6.54 Å². The lowest BCUT2D eigenvalue weighted by Crippen LogP contribution is -2.48. The summed E-state index contributed by atoms with van der Waals surface area (Å²) < 4.78 is 0.919. The molecule has 2 amide bonds. The van der Waals surface area contributed by atoms with E-state index in [1.165, 1.54) is 0 Å². The minimum atomic E-state index is -0.598. The van der Waals surface area contributed by atoms with Crippen molar-refractivity contribution in [2.45, 2.75) is 32.9 Å². The molecule has 2 rings (SSSR count). The molecule has 0 heterocycles. The molecule has 0 radical (unpaired) electrons. The van der Waals surface area contributed by atoms with E-state index in [2.05, 4.69) is 21.2 Å². The van der Waals surface area contributed by atoms with E-state index in [0.29, 0.717) is 23.1 Å². The van der Waals surface area contributed by atoms with Gasteiger partial charge in [0, 0.05) is 17.6 Å². The van der Waals surface area contributed by atoms with Crippen LogP contribution in [0.2, 0.25) is 10.0 Å². The molecule has 4 nitrogen and oxygen atoms in total. The summed E-state index contributed by atoms with van der Waals surface area (Å²) in [6.45, 7) is 4.42. The lowest BCUT2D eigenvalue weighted by Gasteiger charge is -2.29. The third-order valence-electron chi connectivity index (χ3n) is 4.10. The second kappa shape index (κ2) is 10.1. The van der Waals surface area contributed by atoms with Crippen molar-refractivity contribution >= 4 is 50.9 Å². The molecule has 0 aliphatic carbocycles. The Morgan fingerprint density at radius 3 is 2.48 bits per heavy atom. The minimum absolute atomic E-state index is 0.134. The van der Waals surface area contributed by atoms with Gasteiger partial charge in [-0.3, -0.25) is 9.59 Å². The van der Waals surface area contributed by atoms with Crippen LogP contribution in [-0.2, 0) is 22.6 Å². The van der Waals surface area contributed by atoms with Crippen LogP contribution in [0.5, 0.6) is 0 Å². The topological polar surface area (TPSA) is 49.4 Å². The molecule has 1 N–H and O–H groups in total. The van der Waals surface area contributed by atoms with Crippen LogP contribution in [0.15, 0.2) is 46.9 Å². The van der Waals surface area contributed by atoms with Crippen molar-refractivity contribution in [3.05, 3.63) is 68.1 Å². The molecule has 0 aliphatic heterocycles. The molecule has 0 aliphatic rings. The van der Waals surface area contributed by atoms with E-state index >= 15 is 0 Å². The van der Waals surface area contributed by atoms with Gasteiger partial charge in [0.15, 0.2) is 0 Å². The van der Waals surface area contributed by atoms with E-state index in [4.69, 9.17) is 23.2 Å². The highest BCUT2D eigenvalue weighted by molar-refractivity contribution is 9.10. The molecule has 0 aromatic heterocycles. The van der Waals surface area contributed by atoms with E-state index in [1.807, 2.05) is 31.2 Å². The van der Waals surface area contributed by atoms with Gasteiger partial charge in [-0.25, -0.2) is 0 Å². The maximum Gasteiger partial charge on any atom is 0.242 e. The molecule has 0 bridgehead atoms. The highest BCUT2D eigenvalue weighted by atomic mass is 79.9. The van der Waals surface area contributed by atoms with E-state index in [-0.39, 0.29) is 18.2 Å². The van der Waals surface area contributed by atoms with Crippen LogP contribution >= 0.6 is 39.1 Å². The van der Waals surface area contributed by atoms with Crippen molar-refractivity contribution < 1.29 is 9.59 Å². The van der Waals surface area contributed by atoms with Gasteiger partial charge in [0.2, 0.25) is 11.8 Å². The van der Waals surface area contributed by atoms with E-state index < -0.39 is 6.04 Å². The Labute approximate surface area is 178 Å². The van der Waals surface area contributed by atoms with E-state index in [9.17, 15) is 9.59 Å². The number of nitrogens with one attached hydrogen (secondary N) is 1. The van der Waals surface area contributed by atoms with Gasteiger partial charge in [0.05, 0.1) is 16.5 Å². The van der Waals surface area contributed by atoms with Crippen LogP contribution in [0.25, 0.3) is 0 Å². The van der Waals surface area contributed by atoms with Gasteiger partial charge in [-0.2, -0.15) is 0 Å². The highest BCUT2D eigenvalue weighted by Crippen LogP contribution is 2.23. The molecule has 0 fully saturated rings. The van der Waals surface area contributed by atoms with Gasteiger partial charge >= 0.3 is 0 Å². The van der Waals surface area contributed by atoms with Gasteiger partial charge in [-0.05, 0) is 49.2 Å². The fourth-order valence-corrected chi connectivity index (χ4v) is 3.43. The minimum Gasteiger partial charge on any atom is -0.355 e.